The maximum Gasteiger partial charge on any atom is 0.319 e. The average molecular weight is 325 g/mol. The predicted molar refractivity (Wildman–Crippen MR) is 83.8 cm³/mol. The van der Waals surface area contributed by atoms with Crippen molar-refractivity contribution in [2.75, 3.05) is 30.9 Å². The largest absolute Gasteiger partial charge is 0.347 e. The number of rotatable bonds is 6. The molecule has 7 nitrogen and oxygen atoms in total. The van der Waals surface area contributed by atoms with Gasteiger partial charge < -0.3 is 9.80 Å². The molecule has 126 valence electrons. The molecule has 9 heteroatoms. The van der Waals surface area contributed by atoms with Gasteiger partial charge in [-0.3, -0.25) is 4.57 Å². The zero-order valence-electron chi connectivity index (χ0n) is 13.9. The first kappa shape index (κ1) is 17.0. The lowest BCUT2D eigenvalue weighted by Gasteiger charge is -2.20. The van der Waals surface area contributed by atoms with Crippen LogP contribution in [0.4, 0.5) is 20.7 Å². The lowest BCUT2D eigenvalue weighted by molar-refractivity contribution is 0.0670. The minimum absolute atomic E-state index is 0.131. The molecule has 0 N–H and O–H groups in total. The summed E-state index contributed by atoms with van der Waals surface area (Å²) in [6, 6.07) is 0. The second kappa shape index (κ2) is 6.84. The van der Waals surface area contributed by atoms with Gasteiger partial charge in [-0.1, -0.05) is 13.8 Å². The van der Waals surface area contributed by atoms with Gasteiger partial charge in [0.2, 0.25) is 11.9 Å². The molecule has 2 aromatic rings. The molecule has 0 aromatic carbocycles. The number of alkyl halides is 2. The fraction of sp³-hybridized carbons (Fsp3) is 0.571. The fourth-order valence-electron chi connectivity index (χ4n) is 1.93. The van der Waals surface area contributed by atoms with Gasteiger partial charge in [-0.05, 0) is 0 Å². The van der Waals surface area contributed by atoms with Crippen molar-refractivity contribution in [3.05, 3.63) is 24.0 Å². The summed E-state index contributed by atoms with van der Waals surface area (Å²) in [6.45, 7) is 1.53. The third kappa shape index (κ3) is 3.91. The highest BCUT2D eigenvalue weighted by Gasteiger charge is 2.17. The molecule has 0 bridgehead atoms. The van der Waals surface area contributed by atoms with Crippen LogP contribution < -0.4 is 9.80 Å². The molecule has 2 rings (SSSR count). The Bertz CT molecular complexity index is 628. The Labute approximate surface area is 134 Å². The monoisotopic (exact) mass is 325 g/mol. The van der Waals surface area contributed by atoms with E-state index in [9.17, 15) is 8.78 Å². The van der Waals surface area contributed by atoms with Crippen LogP contribution in [0.3, 0.4) is 0 Å². The van der Waals surface area contributed by atoms with Crippen LogP contribution in [-0.2, 0) is 6.54 Å². The summed E-state index contributed by atoms with van der Waals surface area (Å²) in [5.41, 5.74) is 0. The normalized spacial score (nSPS) is 11.3. The van der Waals surface area contributed by atoms with Crippen molar-refractivity contribution in [3.8, 4) is 0 Å². The van der Waals surface area contributed by atoms with Crippen LogP contribution in [0.15, 0.2) is 12.4 Å². The van der Waals surface area contributed by atoms with E-state index in [4.69, 9.17) is 0 Å². The predicted octanol–water partition coefficient (Wildman–Crippen LogP) is 2.29. The minimum Gasteiger partial charge on any atom is -0.347 e. The Morgan fingerprint density at radius 3 is 2.30 bits per heavy atom. The van der Waals surface area contributed by atoms with E-state index in [1.165, 1.54) is 12.4 Å². The molecule has 0 saturated heterocycles. The summed E-state index contributed by atoms with van der Waals surface area (Å²) in [4.78, 5) is 20.6. The van der Waals surface area contributed by atoms with Crippen LogP contribution in [0, 0.1) is 0 Å². The SMILES string of the molecule is CC(C)c1nc(N(C)C)nc(N(C)Cc2nccn2C(F)F)n1. The van der Waals surface area contributed by atoms with Gasteiger partial charge >= 0.3 is 6.55 Å². The Balaban J connectivity index is 2.31. The number of hydrogen-bond donors (Lipinski definition) is 0. The second-order valence-corrected chi connectivity index (χ2v) is 5.73. The van der Waals surface area contributed by atoms with E-state index in [0.717, 1.165) is 4.57 Å². The van der Waals surface area contributed by atoms with Crippen molar-refractivity contribution in [2.45, 2.75) is 32.9 Å². The lowest BCUT2D eigenvalue weighted by Crippen LogP contribution is -2.25. The zero-order chi connectivity index (χ0) is 17.1. The van der Waals surface area contributed by atoms with E-state index in [1.807, 2.05) is 27.9 Å². The standard InChI is InChI=1S/C14H21F2N7/c1-9(2)11-18-13(21(3)4)20-14(19-11)22(5)8-10-17-6-7-23(10)12(15)16/h6-7,9,12H,8H2,1-5H3. The summed E-state index contributed by atoms with van der Waals surface area (Å²) >= 11 is 0. The highest BCUT2D eigenvalue weighted by Crippen LogP contribution is 2.19. The maximum atomic E-state index is 12.9. The summed E-state index contributed by atoms with van der Waals surface area (Å²) in [6.07, 6.45) is 2.61. The van der Waals surface area contributed by atoms with E-state index in [1.54, 1.807) is 16.8 Å². The molecule has 0 saturated carbocycles. The van der Waals surface area contributed by atoms with E-state index in [-0.39, 0.29) is 18.3 Å². The third-order valence-electron chi connectivity index (χ3n) is 3.22. The molecule has 0 aliphatic rings. The Morgan fingerprint density at radius 2 is 1.74 bits per heavy atom. The first-order chi connectivity index (χ1) is 10.8. The number of aromatic nitrogens is 5. The highest BCUT2D eigenvalue weighted by atomic mass is 19.3. The van der Waals surface area contributed by atoms with Crippen molar-refractivity contribution in [2.24, 2.45) is 0 Å². The van der Waals surface area contributed by atoms with E-state index in [0.29, 0.717) is 17.7 Å². The van der Waals surface area contributed by atoms with E-state index < -0.39 is 6.55 Å². The van der Waals surface area contributed by atoms with E-state index in [2.05, 4.69) is 19.9 Å². The van der Waals surface area contributed by atoms with Crippen LogP contribution in [0.25, 0.3) is 0 Å². The molecule has 0 atom stereocenters. The third-order valence-corrected chi connectivity index (χ3v) is 3.22. The molecule has 0 aliphatic carbocycles. The zero-order valence-corrected chi connectivity index (χ0v) is 13.9. The molecule has 2 aromatic heterocycles. The molecule has 23 heavy (non-hydrogen) atoms. The van der Waals surface area contributed by atoms with Crippen molar-refractivity contribution in [3.63, 3.8) is 0 Å². The number of imidazole rings is 1. The number of anilines is 2. The van der Waals surface area contributed by atoms with Gasteiger partial charge in [0.05, 0.1) is 6.54 Å². The van der Waals surface area contributed by atoms with Gasteiger partial charge in [0.25, 0.3) is 0 Å². The Morgan fingerprint density at radius 1 is 1.09 bits per heavy atom. The Hall–Kier alpha value is -2.32. The molecule has 0 spiro atoms. The number of nitrogens with zero attached hydrogens (tertiary/aromatic N) is 7. The quantitative estimate of drug-likeness (QED) is 0.812. The first-order valence-electron chi connectivity index (χ1n) is 7.24. The van der Waals surface area contributed by atoms with Crippen molar-refractivity contribution >= 4 is 11.9 Å². The van der Waals surface area contributed by atoms with Crippen LogP contribution in [0.1, 0.15) is 38.0 Å². The molecule has 0 unspecified atom stereocenters. The molecule has 2 heterocycles. The van der Waals surface area contributed by atoms with Gasteiger partial charge in [0, 0.05) is 39.5 Å². The summed E-state index contributed by atoms with van der Waals surface area (Å²) in [5.74, 6) is 1.99. The molecule has 0 radical (unpaired) electrons. The van der Waals surface area contributed by atoms with Crippen LogP contribution in [-0.4, -0.2) is 45.6 Å². The van der Waals surface area contributed by atoms with Crippen LogP contribution in [0.2, 0.25) is 0 Å². The van der Waals surface area contributed by atoms with Gasteiger partial charge in [0.15, 0.2) is 0 Å². The first-order valence-corrected chi connectivity index (χ1v) is 7.24. The van der Waals surface area contributed by atoms with Crippen molar-refractivity contribution in [1.82, 2.24) is 24.5 Å². The number of halogens is 2. The highest BCUT2D eigenvalue weighted by molar-refractivity contribution is 5.38. The van der Waals surface area contributed by atoms with Crippen LogP contribution in [0.5, 0.6) is 0 Å². The van der Waals surface area contributed by atoms with Crippen molar-refractivity contribution < 1.29 is 8.78 Å². The average Bonchev–Trinajstić information content (AvgIpc) is 2.94. The minimum atomic E-state index is -2.62. The summed E-state index contributed by atoms with van der Waals surface area (Å²) < 4.78 is 26.6. The maximum absolute atomic E-state index is 12.9. The topological polar surface area (TPSA) is 63.0 Å². The van der Waals surface area contributed by atoms with Crippen LogP contribution >= 0.6 is 0 Å². The van der Waals surface area contributed by atoms with Crippen molar-refractivity contribution in [1.29, 1.82) is 0 Å². The number of hydrogen-bond acceptors (Lipinski definition) is 6. The van der Waals surface area contributed by atoms with Gasteiger partial charge in [-0.15, -0.1) is 0 Å². The Kier molecular flexibility index (Phi) is 5.07. The fourth-order valence-corrected chi connectivity index (χ4v) is 1.93. The summed E-state index contributed by atoms with van der Waals surface area (Å²) in [5, 5.41) is 0. The smallest absolute Gasteiger partial charge is 0.319 e. The molecular formula is C14H21F2N7. The summed E-state index contributed by atoms with van der Waals surface area (Å²) in [7, 11) is 5.42. The molecular weight excluding hydrogens is 304 g/mol. The van der Waals surface area contributed by atoms with Gasteiger partial charge in [0.1, 0.15) is 11.6 Å². The lowest BCUT2D eigenvalue weighted by atomic mass is 10.2. The van der Waals surface area contributed by atoms with Gasteiger partial charge in [-0.25, -0.2) is 4.98 Å². The second-order valence-electron chi connectivity index (χ2n) is 5.73. The van der Waals surface area contributed by atoms with E-state index >= 15 is 0 Å². The molecule has 0 aliphatic heterocycles. The van der Waals surface area contributed by atoms with Gasteiger partial charge in [-0.2, -0.15) is 23.7 Å². The molecule has 0 fully saturated rings. The molecule has 0 amide bonds.